The fraction of sp³-hybridized carbons (Fsp3) is 0.655. The van der Waals surface area contributed by atoms with Crippen LogP contribution in [0.1, 0.15) is 83.1 Å². The van der Waals surface area contributed by atoms with Crippen molar-refractivity contribution >= 4 is 11.9 Å². The van der Waals surface area contributed by atoms with Crippen LogP contribution in [0, 0.1) is 17.8 Å². The predicted molar refractivity (Wildman–Crippen MR) is 135 cm³/mol. The molecule has 0 amide bonds. The molecule has 1 aliphatic carbocycles. The summed E-state index contributed by atoms with van der Waals surface area (Å²) in [7, 11) is 1.59. The van der Waals surface area contributed by atoms with E-state index < -0.39 is 29.6 Å². The number of ether oxygens (including phenoxy) is 6. The zero-order valence-corrected chi connectivity index (χ0v) is 22.1. The first-order valence-electron chi connectivity index (χ1n) is 13.4. The number of carbonyl (C=O) groups is 2. The van der Waals surface area contributed by atoms with Crippen molar-refractivity contribution in [2.45, 2.75) is 95.7 Å². The smallest absolute Gasteiger partial charge is 0.325 e. The van der Waals surface area contributed by atoms with Crippen LogP contribution in [-0.2, 0) is 28.5 Å². The van der Waals surface area contributed by atoms with E-state index in [1.165, 1.54) is 13.8 Å². The van der Waals surface area contributed by atoms with Gasteiger partial charge in [-0.3, -0.25) is 9.59 Å². The van der Waals surface area contributed by atoms with E-state index in [1.807, 2.05) is 12.1 Å². The first-order chi connectivity index (χ1) is 17.9. The molecule has 8 heteroatoms. The molecule has 1 aromatic carbocycles. The molecule has 0 radical (unpaired) electrons. The molecule has 4 rings (SSSR count). The summed E-state index contributed by atoms with van der Waals surface area (Å²) < 4.78 is 34.0. The minimum Gasteiger partial charge on any atom is -0.493 e. The van der Waals surface area contributed by atoms with Gasteiger partial charge in [-0.1, -0.05) is 12.0 Å². The highest BCUT2D eigenvalue weighted by atomic mass is 16.7. The molecule has 8 nitrogen and oxygen atoms in total. The topological polar surface area (TPSA) is 89.5 Å². The lowest BCUT2D eigenvalue weighted by atomic mass is 9.85. The minimum atomic E-state index is -1.31. The fourth-order valence-corrected chi connectivity index (χ4v) is 4.92. The molecule has 202 valence electrons. The summed E-state index contributed by atoms with van der Waals surface area (Å²) in [5.74, 6) is 2.93. The molecule has 37 heavy (non-hydrogen) atoms. The van der Waals surface area contributed by atoms with Crippen molar-refractivity contribution in [3.8, 4) is 23.3 Å². The summed E-state index contributed by atoms with van der Waals surface area (Å²) >= 11 is 0. The summed E-state index contributed by atoms with van der Waals surface area (Å²) in [6.07, 6.45) is 8.59. The number of unbranched alkanes of at least 4 members (excludes halogenated alkanes) is 1. The highest BCUT2D eigenvalue weighted by Crippen LogP contribution is 2.38. The van der Waals surface area contributed by atoms with Crippen LogP contribution in [-0.4, -0.2) is 50.4 Å². The van der Waals surface area contributed by atoms with Gasteiger partial charge in [-0.2, -0.15) is 0 Å². The Bertz CT molecular complexity index is 975. The Morgan fingerprint density at radius 2 is 1.76 bits per heavy atom. The van der Waals surface area contributed by atoms with Gasteiger partial charge in [0.25, 0.3) is 5.79 Å². The van der Waals surface area contributed by atoms with Gasteiger partial charge < -0.3 is 28.4 Å². The molecule has 1 aromatic rings. The van der Waals surface area contributed by atoms with Crippen LogP contribution < -0.4 is 9.47 Å². The van der Waals surface area contributed by atoms with Gasteiger partial charge in [-0.05, 0) is 69.1 Å². The monoisotopic (exact) mass is 514 g/mol. The van der Waals surface area contributed by atoms with Gasteiger partial charge in [0, 0.05) is 26.9 Å². The number of rotatable bonds is 9. The van der Waals surface area contributed by atoms with Crippen LogP contribution in [0.3, 0.4) is 0 Å². The maximum atomic E-state index is 13.0. The van der Waals surface area contributed by atoms with E-state index >= 15 is 0 Å². The highest BCUT2D eigenvalue weighted by Gasteiger charge is 2.47. The lowest BCUT2D eigenvalue weighted by Crippen LogP contribution is -2.48. The first kappa shape index (κ1) is 27.3. The zero-order chi connectivity index (χ0) is 26.3. The molecule has 2 aliphatic heterocycles. The number of benzene rings is 1. The fourth-order valence-electron chi connectivity index (χ4n) is 4.92. The number of methoxy groups -OCH3 is 1. The second-order valence-electron chi connectivity index (χ2n) is 10.2. The molecule has 2 atom stereocenters. The van der Waals surface area contributed by atoms with Gasteiger partial charge in [-0.25, -0.2) is 0 Å². The molecule has 0 spiro atoms. The molecule has 3 fully saturated rings. The van der Waals surface area contributed by atoms with Crippen molar-refractivity contribution in [1.29, 1.82) is 0 Å². The summed E-state index contributed by atoms with van der Waals surface area (Å²) in [6, 6.07) is 5.42. The normalized spacial score (nSPS) is 22.9. The molecule has 2 unspecified atom stereocenters. The van der Waals surface area contributed by atoms with Crippen molar-refractivity contribution in [1.82, 2.24) is 0 Å². The molecule has 3 aliphatic rings. The maximum Gasteiger partial charge on any atom is 0.325 e. The van der Waals surface area contributed by atoms with Crippen molar-refractivity contribution < 1.29 is 38.0 Å². The van der Waals surface area contributed by atoms with Gasteiger partial charge in [-0.15, -0.1) is 5.92 Å². The van der Waals surface area contributed by atoms with E-state index in [0.29, 0.717) is 36.5 Å². The second-order valence-corrected chi connectivity index (χ2v) is 10.2. The average Bonchev–Trinajstić information content (AvgIpc) is 3.37. The zero-order valence-electron chi connectivity index (χ0n) is 22.1. The molecule has 0 N–H and O–H groups in total. The third kappa shape index (κ3) is 7.39. The van der Waals surface area contributed by atoms with Crippen LogP contribution in [0.4, 0.5) is 0 Å². The van der Waals surface area contributed by atoms with E-state index in [1.54, 1.807) is 13.2 Å². The van der Waals surface area contributed by atoms with E-state index in [4.69, 9.17) is 28.4 Å². The largest absolute Gasteiger partial charge is 0.493 e. The van der Waals surface area contributed by atoms with Gasteiger partial charge in [0.05, 0.1) is 25.7 Å². The van der Waals surface area contributed by atoms with E-state index in [0.717, 1.165) is 51.6 Å². The van der Waals surface area contributed by atoms with Gasteiger partial charge in [0.15, 0.2) is 23.7 Å². The SMILES string of the molecule is COc1ccc(C(C#CCCCOC2CCCCO2)C2C(=O)OC(C)(C)OC2=O)cc1OC1CCCC1. The van der Waals surface area contributed by atoms with E-state index in [-0.39, 0.29) is 12.4 Å². The van der Waals surface area contributed by atoms with Crippen LogP contribution in [0.15, 0.2) is 18.2 Å². The number of hydrogen-bond acceptors (Lipinski definition) is 8. The first-order valence-corrected chi connectivity index (χ1v) is 13.4. The number of carbonyl (C=O) groups excluding carboxylic acids is 2. The summed E-state index contributed by atoms with van der Waals surface area (Å²) in [6.45, 7) is 4.35. The Morgan fingerprint density at radius 3 is 2.43 bits per heavy atom. The van der Waals surface area contributed by atoms with Crippen molar-refractivity contribution in [2.75, 3.05) is 20.3 Å². The molecular weight excluding hydrogens is 476 g/mol. The maximum absolute atomic E-state index is 13.0. The van der Waals surface area contributed by atoms with Crippen molar-refractivity contribution in [3.63, 3.8) is 0 Å². The van der Waals surface area contributed by atoms with Crippen LogP contribution >= 0.6 is 0 Å². The number of cyclic esters (lactones) is 2. The standard InChI is InChI=1S/C29H38O8/c1-29(2)36-27(30)26(28(31)37-29)22(13-5-4-9-17-33-25-14-8-10-18-34-25)20-15-16-23(32-3)24(19-20)35-21-11-6-7-12-21/h15-16,19,21-22,25-26H,4,6-12,14,17-18H2,1-3H3. The van der Waals surface area contributed by atoms with E-state index in [9.17, 15) is 9.59 Å². The second kappa shape index (κ2) is 12.7. The van der Waals surface area contributed by atoms with Gasteiger partial charge in [0.1, 0.15) is 0 Å². The summed E-state index contributed by atoms with van der Waals surface area (Å²) in [4.78, 5) is 25.9. The third-order valence-corrected chi connectivity index (χ3v) is 6.82. The summed E-state index contributed by atoms with van der Waals surface area (Å²) in [5, 5.41) is 0. The summed E-state index contributed by atoms with van der Waals surface area (Å²) in [5.41, 5.74) is 0.673. The average molecular weight is 515 g/mol. The quantitative estimate of drug-likeness (QED) is 0.199. The Morgan fingerprint density at radius 1 is 1.03 bits per heavy atom. The Kier molecular flexibility index (Phi) is 9.33. The molecule has 2 saturated heterocycles. The third-order valence-electron chi connectivity index (χ3n) is 6.82. The van der Waals surface area contributed by atoms with Crippen molar-refractivity contribution in [2.24, 2.45) is 5.92 Å². The Hall–Kier alpha value is -2.76. The van der Waals surface area contributed by atoms with Crippen molar-refractivity contribution in [3.05, 3.63) is 23.8 Å². The molecular formula is C29H38O8. The lowest BCUT2D eigenvalue weighted by Gasteiger charge is -2.34. The van der Waals surface area contributed by atoms with Gasteiger partial charge >= 0.3 is 11.9 Å². The lowest BCUT2D eigenvalue weighted by molar-refractivity contribution is -0.240. The molecule has 1 saturated carbocycles. The predicted octanol–water partition coefficient (Wildman–Crippen LogP) is 4.88. The number of hydrogen-bond donors (Lipinski definition) is 0. The van der Waals surface area contributed by atoms with Crippen LogP contribution in [0.5, 0.6) is 11.5 Å². The Balaban J connectivity index is 1.51. The van der Waals surface area contributed by atoms with E-state index in [2.05, 4.69) is 11.8 Å². The van der Waals surface area contributed by atoms with Gasteiger partial charge in [0.2, 0.25) is 0 Å². The molecule has 0 aromatic heterocycles. The highest BCUT2D eigenvalue weighted by molar-refractivity contribution is 5.98. The molecule has 0 bridgehead atoms. The number of esters is 2. The molecule has 2 heterocycles. The van der Waals surface area contributed by atoms with Crippen LogP contribution in [0.25, 0.3) is 0 Å². The minimum absolute atomic E-state index is 0.118. The Labute approximate surface area is 219 Å². The van der Waals surface area contributed by atoms with Crippen LogP contribution in [0.2, 0.25) is 0 Å².